The Morgan fingerprint density at radius 1 is 1.16 bits per heavy atom. The lowest BCUT2D eigenvalue weighted by Gasteiger charge is -2.32. The molecule has 1 aromatic carbocycles. The van der Waals surface area contributed by atoms with E-state index in [2.05, 4.69) is 26.6 Å². The Kier molecular flexibility index (Phi) is 5.31. The number of piperidine rings is 1. The summed E-state index contributed by atoms with van der Waals surface area (Å²) in [6, 6.07) is 15.9. The number of aromatic nitrogens is 4. The number of benzene rings is 1. The van der Waals surface area contributed by atoms with Gasteiger partial charge in [0.25, 0.3) is 5.91 Å². The average molecular weight is 427 g/mol. The molecule has 4 aromatic rings. The molecule has 0 bridgehead atoms. The summed E-state index contributed by atoms with van der Waals surface area (Å²) in [6.07, 6.45) is 3.71. The normalized spacial score (nSPS) is 16.3. The van der Waals surface area contributed by atoms with Crippen molar-refractivity contribution in [2.75, 3.05) is 18.4 Å². The van der Waals surface area contributed by atoms with E-state index < -0.39 is 0 Å². The first-order chi connectivity index (χ1) is 15.6. The molecular weight excluding hydrogens is 400 g/mol. The second-order valence-corrected chi connectivity index (χ2v) is 8.47. The zero-order chi connectivity index (χ0) is 22.1. The molecule has 1 atom stereocenters. The Labute approximate surface area is 186 Å². The molecule has 3 aromatic heterocycles. The molecule has 0 radical (unpaired) electrons. The SMILES string of the molecule is Cc1ccc2[nH]nc(C(=O)N3CCCC(c4cc(Nc5ccccn5)cc(C)n4)C3)c2c1. The number of amides is 1. The van der Waals surface area contributed by atoms with E-state index in [9.17, 15) is 4.79 Å². The van der Waals surface area contributed by atoms with Gasteiger partial charge in [-0.1, -0.05) is 17.7 Å². The minimum Gasteiger partial charge on any atom is -0.340 e. The molecule has 162 valence electrons. The molecule has 7 heteroatoms. The van der Waals surface area contributed by atoms with Gasteiger partial charge in [0.2, 0.25) is 0 Å². The molecule has 1 aliphatic heterocycles. The fourth-order valence-corrected chi connectivity index (χ4v) is 4.40. The predicted molar refractivity (Wildman–Crippen MR) is 125 cm³/mol. The molecule has 1 aliphatic rings. The molecular formula is C25H26N6O. The van der Waals surface area contributed by atoms with Gasteiger partial charge < -0.3 is 10.2 Å². The van der Waals surface area contributed by atoms with E-state index >= 15 is 0 Å². The van der Waals surface area contributed by atoms with E-state index in [-0.39, 0.29) is 11.8 Å². The number of rotatable bonds is 4. The number of nitrogens with one attached hydrogen (secondary N) is 2. The molecule has 0 spiro atoms. The largest absolute Gasteiger partial charge is 0.340 e. The standard InChI is InChI=1S/C25H26N6O/c1-16-8-9-21-20(12-16)24(30-29-21)25(32)31-11-5-6-18(15-31)22-14-19(13-17(2)27-22)28-23-7-3-4-10-26-23/h3-4,7-10,12-14,18H,5-6,11,15H2,1-2H3,(H,29,30)(H,26,27,28). The summed E-state index contributed by atoms with van der Waals surface area (Å²) in [4.78, 5) is 24.4. The molecule has 1 unspecified atom stereocenters. The third kappa shape index (κ3) is 4.06. The van der Waals surface area contributed by atoms with E-state index in [1.165, 1.54) is 0 Å². The van der Waals surface area contributed by atoms with Crippen LogP contribution in [0.3, 0.4) is 0 Å². The second kappa shape index (κ2) is 8.42. The van der Waals surface area contributed by atoms with Crippen LogP contribution in [0.4, 0.5) is 11.5 Å². The van der Waals surface area contributed by atoms with E-state index in [1.54, 1.807) is 6.20 Å². The van der Waals surface area contributed by atoms with Crippen LogP contribution in [-0.4, -0.2) is 44.1 Å². The van der Waals surface area contributed by atoms with Crippen LogP contribution < -0.4 is 5.32 Å². The lowest BCUT2D eigenvalue weighted by molar-refractivity contribution is 0.0702. The van der Waals surface area contributed by atoms with Gasteiger partial charge in [0.05, 0.1) is 5.52 Å². The van der Waals surface area contributed by atoms with Gasteiger partial charge in [0.1, 0.15) is 5.82 Å². The van der Waals surface area contributed by atoms with Gasteiger partial charge in [0.15, 0.2) is 5.69 Å². The quantitative estimate of drug-likeness (QED) is 0.492. The lowest BCUT2D eigenvalue weighted by atomic mass is 9.93. The zero-order valence-corrected chi connectivity index (χ0v) is 18.3. The van der Waals surface area contributed by atoms with Crippen LogP contribution in [0.25, 0.3) is 10.9 Å². The number of anilines is 2. The van der Waals surface area contributed by atoms with Crippen molar-refractivity contribution < 1.29 is 4.79 Å². The van der Waals surface area contributed by atoms with Crippen molar-refractivity contribution in [1.29, 1.82) is 0 Å². The maximum atomic E-state index is 13.3. The van der Waals surface area contributed by atoms with Crippen molar-refractivity contribution in [2.45, 2.75) is 32.6 Å². The van der Waals surface area contributed by atoms with Gasteiger partial charge in [-0.25, -0.2) is 4.98 Å². The van der Waals surface area contributed by atoms with E-state index in [1.807, 2.05) is 61.2 Å². The number of H-pyrrole nitrogens is 1. The van der Waals surface area contributed by atoms with Gasteiger partial charge in [0, 0.05) is 47.7 Å². The summed E-state index contributed by atoms with van der Waals surface area (Å²) >= 11 is 0. The van der Waals surface area contributed by atoms with Crippen LogP contribution in [0.15, 0.2) is 54.7 Å². The number of nitrogens with zero attached hydrogens (tertiary/aromatic N) is 4. The number of pyridine rings is 2. The summed E-state index contributed by atoms with van der Waals surface area (Å²) in [5, 5.41) is 11.6. The first-order valence-electron chi connectivity index (χ1n) is 11.0. The fraction of sp³-hybridized carbons (Fsp3) is 0.280. The van der Waals surface area contributed by atoms with E-state index in [4.69, 9.17) is 4.98 Å². The fourth-order valence-electron chi connectivity index (χ4n) is 4.40. The Morgan fingerprint density at radius 2 is 2.06 bits per heavy atom. The van der Waals surface area contributed by atoms with Gasteiger partial charge in [-0.15, -0.1) is 0 Å². The van der Waals surface area contributed by atoms with Crippen molar-refractivity contribution in [3.05, 3.63) is 77.4 Å². The highest BCUT2D eigenvalue weighted by Gasteiger charge is 2.28. The maximum absolute atomic E-state index is 13.3. The van der Waals surface area contributed by atoms with Crippen LogP contribution in [0.2, 0.25) is 0 Å². The van der Waals surface area contributed by atoms with Crippen LogP contribution in [0, 0.1) is 13.8 Å². The van der Waals surface area contributed by atoms with E-state index in [0.717, 1.165) is 58.7 Å². The van der Waals surface area contributed by atoms with Crippen molar-refractivity contribution in [1.82, 2.24) is 25.1 Å². The van der Waals surface area contributed by atoms with Crippen LogP contribution in [0.5, 0.6) is 0 Å². The summed E-state index contributed by atoms with van der Waals surface area (Å²) in [6.45, 7) is 5.40. The van der Waals surface area contributed by atoms with Gasteiger partial charge in [-0.05, 0) is 63.1 Å². The highest BCUT2D eigenvalue weighted by atomic mass is 16.2. The minimum absolute atomic E-state index is 0.0222. The van der Waals surface area contributed by atoms with Crippen molar-refractivity contribution in [3.8, 4) is 0 Å². The van der Waals surface area contributed by atoms with E-state index in [0.29, 0.717) is 12.2 Å². The monoisotopic (exact) mass is 426 g/mol. The number of carbonyl (C=O) groups excluding carboxylic acids is 1. The van der Waals surface area contributed by atoms with Crippen molar-refractivity contribution >= 4 is 28.3 Å². The molecule has 1 saturated heterocycles. The molecule has 1 fully saturated rings. The first kappa shape index (κ1) is 20.2. The van der Waals surface area contributed by atoms with Gasteiger partial charge in [-0.2, -0.15) is 5.10 Å². The van der Waals surface area contributed by atoms with Crippen LogP contribution in [0.1, 0.15) is 46.2 Å². The van der Waals surface area contributed by atoms with Gasteiger partial charge in [-0.3, -0.25) is 14.9 Å². The highest BCUT2D eigenvalue weighted by molar-refractivity contribution is 6.04. The number of aryl methyl sites for hydroxylation is 2. The molecule has 32 heavy (non-hydrogen) atoms. The molecule has 0 aliphatic carbocycles. The first-order valence-corrected chi connectivity index (χ1v) is 11.0. The number of carbonyl (C=O) groups is 1. The molecule has 2 N–H and O–H groups in total. The third-order valence-electron chi connectivity index (χ3n) is 5.96. The molecule has 1 amide bonds. The van der Waals surface area contributed by atoms with Crippen LogP contribution in [-0.2, 0) is 0 Å². The third-order valence-corrected chi connectivity index (χ3v) is 5.96. The Hall–Kier alpha value is -3.74. The summed E-state index contributed by atoms with van der Waals surface area (Å²) in [7, 11) is 0. The van der Waals surface area contributed by atoms with Crippen molar-refractivity contribution in [2.24, 2.45) is 0 Å². The molecule has 7 nitrogen and oxygen atoms in total. The number of likely N-dealkylation sites (tertiary alicyclic amines) is 1. The smallest absolute Gasteiger partial charge is 0.275 e. The molecule has 5 rings (SSSR count). The molecule has 0 saturated carbocycles. The number of hydrogen-bond acceptors (Lipinski definition) is 5. The number of aromatic amines is 1. The lowest BCUT2D eigenvalue weighted by Crippen LogP contribution is -2.39. The van der Waals surface area contributed by atoms with Crippen molar-refractivity contribution in [3.63, 3.8) is 0 Å². The average Bonchev–Trinajstić information content (AvgIpc) is 3.22. The predicted octanol–water partition coefficient (Wildman–Crippen LogP) is 4.73. The van der Waals surface area contributed by atoms with Gasteiger partial charge >= 0.3 is 0 Å². The Morgan fingerprint density at radius 3 is 2.91 bits per heavy atom. The summed E-state index contributed by atoms with van der Waals surface area (Å²) in [5.41, 5.74) is 5.41. The molecule has 4 heterocycles. The number of hydrogen-bond donors (Lipinski definition) is 2. The zero-order valence-electron chi connectivity index (χ0n) is 18.3. The summed E-state index contributed by atoms with van der Waals surface area (Å²) < 4.78 is 0. The topological polar surface area (TPSA) is 86.8 Å². The maximum Gasteiger partial charge on any atom is 0.275 e. The number of fused-ring (bicyclic) bond motifs is 1. The van der Waals surface area contributed by atoms with Crippen LogP contribution >= 0.6 is 0 Å². The Bertz CT molecular complexity index is 1270. The second-order valence-electron chi connectivity index (χ2n) is 8.47. The summed E-state index contributed by atoms with van der Waals surface area (Å²) in [5.74, 6) is 0.958. The highest BCUT2D eigenvalue weighted by Crippen LogP contribution is 2.30. The minimum atomic E-state index is -0.0222. The Balaban J connectivity index is 1.38.